The Morgan fingerprint density at radius 2 is 2.38 bits per heavy atom. The van der Waals surface area contributed by atoms with E-state index in [-0.39, 0.29) is 5.54 Å². The topological polar surface area (TPSA) is 50.9 Å². The molecule has 1 fully saturated rings. The van der Waals surface area contributed by atoms with Crippen molar-refractivity contribution in [3.8, 4) is 0 Å². The van der Waals surface area contributed by atoms with Gasteiger partial charge >= 0.3 is 0 Å². The third-order valence-electron chi connectivity index (χ3n) is 2.42. The molecule has 0 aliphatic heterocycles. The van der Waals surface area contributed by atoms with Gasteiger partial charge in [-0.05, 0) is 18.9 Å². The number of hydrogen-bond donors (Lipinski definition) is 2. The highest BCUT2D eigenvalue weighted by atomic mass is 35.5. The monoisotopic (exact) mass is 197 g/mol. The zero-order valence-corrected chi connectivity index (χ0v) is 8.01. The highest BCUT2D eigenvalue weighted by Gasteiger charge is 2.41. The van der Waals surface area contributed by atoms with Crippen molar-refractivity contribution in [2.45, 2.75) is 18.4 Å². The van der Waals surface area contributed by atoms with Crippen molar-refractivity contribution in [3.63, 3.8) is 0 Å². The molecule has 1 heterocycles. The summed E-state index contributed by atoms with van der Waals surface area (Å²) in [6.07, 6.45) is 5.61. The first-order valence-electron chi connectivity index (χ1n) is 4.33. The fourth-order valence-electron chi connectivity index (χ4n) is 1.29. The van der Waals surface area contributed by atoms with Gasteiger partial charge in [-0.25, -0.2) is 0 Å². The highest BCUT2D eigenvalue weighted by Crippen LogP contribution is 2.39. The Balaban J connectivity index is 2.14. The number of rotatable bonds is 3. The van der Waals surface area contributed by atoms with Gasteiger partial charge in [0.2, 0.25) is 0 Å². The van der Waals surface area contributed by atoms with E-state index in [0.717, 1.165) is 18.5 Å². The van der Waals surface area contributed by atoms with Crippen molar-refractivity contribution in [2.24, 2.45) is 5.73 Å². The number of hydrogen-bond acceptors (Lipinski definition) is 3. The Morgan fingerprint density at radius 3 is 2.92 bits per heavy atom. The van der Waals surface area contributed by atoms with Gasteiger partial charge in [0.1, 0.15) is 0 Å². The largest absolute Gasteiger partial charge is 0.377 e. The second-order valence-electron chi connectivity index (χ2n) is 3.46. The molecule has 70 valence electrons. The maximum absolute atomic E-state index is 5.95. The maximum Gasteiger partial charge on any atom is 0.0820 e. The first-order valence-corrected chi connectivity index (χ1v) is 4.71. The third-order valence-corrected chi connectivity index (χ3v) is 2.72. The molecule has 0 saturated heterocycles. The van der Waals surface area contributed by atoms with Crippen LogP contribution in [-0.4, -0.2) is 17.1 Å². The summed E-state index contributed by atoms with van der Waals surface area (Å²) in [5.74, 6) is 0. The maximum atomic E-state index is 5.95. The summed E-state index contributed by atoms with van der Waals surface area (Å²) >= 11 is 5.95. The second kappa shape index (κ2) is 3.16. The molecule has 1 aromatic heterocycles. The number of pyridine rings is 1. The summed E-state index contributed by atoms with van der Waals surface area (Å²) in [7, 11) is 0. The molecule has 0 amide bonds. The lowest BCUT2D eigenvalue weighted by Crippen LogP contribution is -2.30. The number of nitrogens with one attached hydrogen (secondary N) is 1. The first kappa shape index (κ1) is 8.78. The van der Waals surface area contributed by atoms with Gasteiger partial charge in [0, 0.05) is 24.5 Å². The van der Waals surface area contributed by atoms with Crippen LogP contribution in [0.3, 0.4) is 0 Å². The molecule has 0 bridgehead atoms. The van der Waals surface area contributed by atoms with Crippen molar-refractivity contribution in [2.75, 3.05) is 11.9 Å². The van der Waals surface area contributed by atoms with Crippen LogP contribution in [0.5, 0.6) is 0 Å². The zero-order chi connectivity index (χ0) is 9.31. The Bertz CT molecular complexity index is 309. The van der Waals surface area contributed by atoms with Crippen LogP contribution >= 0.6 is 11.6 Å². The third kappa shape index (κ3) is 1.76. The lowest BCUT2D eigenvalue weighted by Gasteiger charge is -2.16. The van der Waals surface area contributed by atoms with Crippen molar-refractivity contribution in [1.29, 1.82) is 0 Å². The van der Waals surface area contributed by atoms with Crippen LogP contribution in [0.4, 0.5) is 5.69 Å². The van der Waals surface area contributed by atoms with E-state index in [1.807, 2.05) is 6.07 Å². The molecule has 4 heteroatoms. The van der Waals surface area contributed by atoms with Gasteiger partial charge in [0.15, 0.2) is 0 Å². The normalized spacial score (nSPS) is 18.3. The van der Waals surface area contributed by atoms with E-state index in [4.69, 9.17) is 17.3 Å². The van der Waals surface area contributed by atoms with Crippen molar-refractivity contribution in [3.05, 3.63) is 23.5 Å². The summed E-state index contributed by atoms with van der Waals surface area (Å²) in [6, 6.07) is 1.87. The van der Waals surface area contributed by atoms with Crippen LogP contribution in [0.1, 0.15) is 12.8 Å². The molecular weight excluding hydrogens is 186 g/mol. The van der Waals surface area contributed by atoms with Gasteiger partial charge in [-0.1, -0.05) is 11.6 Å². The lowest BCUT2D eigenvalue weighted by atomic mass is 10.2. The highest BCUT2D eigenvalue weighted by molar-refractivity contribution is 6.33. The second-order valence-corrected chi connectivity index (χ2v) is 3.87. The molecule has 0 radical (unpaired) electrons. The summed E-state index contributed by atoms with van der Waals surface area (Å²) in [5.41, 5.74) is 6.68. The Labute approximate surface area is 82.3 Å². The molecule has 0 unspecified atom stereocenters. The van der Waals surface area contributed by atoms with Crippen LogP contribution in [0.25, 0.3) is 0 Å². The number of aromatic nitrogens is 1. The van der Waals surface area contributed by atoms with Crippen LogP contribution in [0.2, 0.25) is 5.02 Å². The average molecular weight is 198 g/mol. The van der Waals surface area contributed by atoms with Gasteiger partial charge in [0.05, 0.1) is 10.7 Å². The van der Waals surface area contributed by atoms with E-state index in [0.29, 0.717) is 11.6 Å². The molecule has 3 N–H and O–H groups in total. The lowest BCUT2D eigenvalue weighted by molar-refractivity contribution is 0.742. The van der Waals surface area contributed by atoms with E-state index in [1.165, 1.54) is 0 Å². The Morgan fingerprint density at radius 1 is 1.62 bits per heavy atom. The fraction of sp³-hybridized carbons (Fsp3) is 0.444. The number of nitrogens with two attached hydrogens (primary N) is 1. The van der Waals surface area contributed by atoms with Crippen LogP contribution < -0.4 is 11.1 Å². The molecule has 0 aromatic carbocycles. The standard InChI is InChI=1S/C9H12ClN3/c10-7-5-12-4-1-8(7)13-9(6-11)2-3-9/h1,4-5H,2-3,6,11H2,(H,12,13). The van der Waals surface area contributed by atoms with E-state index in [1.54, 1.807) is 12.4 Å². The van der Waals surface area contributed by atoms with Crippen molar-refractivity contribution < 1.29 is 0 Å². The van der Waals surface area contributed by atoms with E-state index >= 15 is 0 Å². The molecule has 13 heavy (non-hydrogen) atoms. The van der Waals surface area contributed by atoms with Crippen molar-refractivity contribution in [1.82, 2.24) is 4.98 Å². The first-order chi connectivity index (χ1) is 6.26. The quantitative estimate of drug-likeness (QED) is 0.775. The van der Waals surface area contributed by atoms with Crippen LogP contribution in [0, 0.1) is 0 Å². The minimum Gasteiger partial charge on any atom is -0.377 e. The van der Waals surface area contributed by atoms with E-state index < -0.39 is 0 Å². The van der Waals surface area contributed by atoms with Gasteiger partial charge in [-0.15, -0.1) is 0 Å². The minimum absolute atomic E-state index is 0.102. The average Bonchev–Trinajstić information content (AvgIpc) is 2.90. The summed E-state index contributed by atoms with van der Waals surface area (Å²) in [4.78, 5) is 3.92. The van der Waals surface area contributed by atoms with Crippen LogP contribution in [0.15, 0.2) is 18.5 Å². The van der Waals surface area contributed by atoms with Crippen LogP contribution in [-0.2, 0) is 0 Å². The summed E-state index contributed by atoms with van der Waals surface area (Å²) in [5, 5.41) is 4.01. The molecule has 0 atom stereocenters. The smallest absolute Gasteiger partial charge is 0.0820 e. The SMILES string of the molecule is NCC1(Nc2ccncc2Cl)CC1. The predicted octanol–water partition coefficient (Wildman–Crippen LogP) is 1.64. The number of nitrogens with zero attached hydrogens (tertiary/aromatic N) is 1. The zero-order valence-electron chi connectivity index (χ0n) is 7.26. The molecule has 2 rings (SSSR count). The molecule has 1 aromatic rings. The number of halogens is 1. The van der Waals surface area contributed by atoms with Gasteiger partial charge < -0.3 is 11.1 Å². The van der Waals surface area contributed by atoms with E-state index in [9.17, 15) is 0 Å². The Hall–Kier alpha value is -0.800. The predicted molar refractivity (Wildman–Crippen MR) is 53.9 cm³/mol. The summed E-state index contributed by atoms with van der Waals surface area (Å²) < 4.78 is 0. The molecule has 0 spiro atoms. The molecule has 1 saturated carbocycles. The molecule has 3 nitrogen and oxygen atoms in total. The van der Waals surface area contributed by atoms with Crippen molar-refractivity contribution >= 4 is 17.3 Å². The van der Waals surface area contributed by atoms with Gasteiger partial charge in [0.25, 0.3) is 0 Å². The summed E-state index contributed by atoms with van der Waals surface area (Å²) in [6.45, 7) is 0.658. The number of anilines is 1. The molecule has 1 aliphatic carbocycles. The molecular formula is C9H12ClN3. The fourth-order valence-corrected chi connectivity index (χ4v) is 1.46. The molecule has 1 aliphatic rings. The van der Waals surface area contributed by atoms with Gasteiger partial charge in [-0.2, -0.15) is 0 Å². The Kier molecular flexibility index (Phi) is 2.14. The van der Waals surface area contributed by atoms with Gasteiger partial charge in [-0.3, -0.25) is 4.98 Å². The van der Waals surface area contributed by atoms with E-state index in [2.05, 4.69) is 10.3 Å². The minimum atomic E-state index is 0.102.